The zero-order valence-corrected chi connectivity index (χ0v) is 16.1. The van der Waals surface area contributed by atoms with Gasteiger partial charge in [0.15, 0.2) is 0 Å². The van der Waals surface area contributed by atoms with E-state index in [4.69, 9.17) is 0 Å². The van der Waals surface area contributed by atoms with E-state index in [9.17, 15) is 9.59 Å². The third-order valence-electron chi connectivity index (χ3n) is 5.21. The largest absolute Gasteiger partial charge is 0.338 e. The van der Waals surface area contributed by atoms with Crippen LogP contribution in [0.15, 0.2) is 33.9 Å². The minimum absolute atomic E-state index is 0.0209. The van der Waals surface area contributed by atoms with Crippen molar-refractivity contribution in [1.82, 2.24) is 24.6 Å². The lowest BCUT2D eigenvalue weighted by Gasteiger charge is -2.31. The molecule has 140 valence electrons. The van der Waals surface area contributed by atoms with E-state index in [0.717, 1.165) is 24.1 Å². The molecule has 3 aromatic rings. The molecule has 1 aliphatic rings. The van der Waals surface area contributed by atoms with Crippen molar-refractivity contribution in [3.8, 4) is 11.3 Å². The topological polar surface area (TPSA) is 83.9 Å². The van der Waals surface area contributed by atoms with Crippen LogP contribution in [0, 0.1) is 6.92 Å². The van der Waals surface area contributed by atoms with Crippen LogP contribution in [0.3, 0.4) is 0 Å². The Labute approximate surface area is 160 Å². The van der Waals surface area contributed by atoms with Crippen LogP contribution in [0.2, 0.25) is 0 Å². The summed E-state index contributed by atoms with van der Waals surface area (Å²) in [4.78, 5) is 34.3. The van der Waals surface area contributed by atoms with E-state index in [1.165, 1.54) is 6.07 Å². The molecule has 0 saturated carbocycles. The number of aryl methyl sites for hydroxylation is 1. The Balaban J connectivity index is 1.49. The monoisotopic (exact) mass is 383 g/mol. The smallest absolute Gasteiger partial charge is 0.257 e. The number of hydrogen-bond donors (Lipinski definition) is 1. The van der Waals surface area contributed by atoms with E-state index in [0.29, 0.717) is 30.2 Å². The highest BCUT2D eigenvalue weighted by molar-refractivity contribution is 7.08. The van der Waals surface area contributed by atoms with E-state index in [1.807, 2.05) is 35.7 Å². The number of aromatic amines is 1. The van der Waals surface area contributed by atoms with Crippen molar-refractivity contribution in [2.75, 3.05) is 13.1 Å². The molecule has 1 amide bonds. The van der Waals surface area contributed by atoms with Crippen LogP contribution in [0.5, 0.6) is 0 Å². The number of nitrogens with one attached hydrogen (secondary N) is 1. The van der Waals surface area contributed by atoms with Crippen LogP contribution < -0.4 is 5.56 Å². The van der Waals surface area contributed by atoms with Gasteiger partial charge in [-0.05, 0) is 31.2 Å². The number of hydrogen-bond acceptors (Lipinski definition) is 5. The second kappa shape index (κ2) is 7.11. The average Bonchev–Trinajstić information content (AvgIpc) is 3.32. The Morgan fingerprint density at radius 1 is 1.33 bits per heavy atom. The van der Waals surface area contributed by atoms with Crippen LogP contribution in [-0.4, -0.2) is 43.6 Å². The summed E-state index contributed by atoms with van der Waals surface area (Å²) in [5.41, 5.74) is 3.07. The van der Waals surface area contributed by atoms with Crippen LogP contribution >= 0.6 is 11.3 Å². The van der Waals surface area contributed by atoms with E-state index in [-0.39, 0.29) is 17.4 Å². The van der Waals surface area contributed by atoms with Gasteiger partial charge in [-0.3, -0.25) is 14.3 Å². The molecule has 7 nitrogen and oxygen atoms in total. The first-order valence-electron chi connectivity index (χ1n) is 8.94. The first-order valence-corrected chi connectivity index (χ1v) is 9.89. The molecule has 1 aliphatic heterocycles. The summed E-state index contributed by atoms with van der Waals surface area (Å²) in [6, 6.07) is 3.50. The lowest BCUT2D eigenvalue weighted by atomic mass is 9.95. The minimum Gasteiger partial charge on any atom is -0.338 e. The fraction of sp³-hybridized carbons (Fsp3) is 0.368. The van der Waals surface area contributed by atoms with Gasteiger partial charge in [0.25, 0.3) is 11.5 Å². The number of amides is 1. The maximum Gasteiger partial charge on any atom is 0.257 e. The number of thiophene rings is 1. The van der Waals surface area contributed by atoms with Gasteiger partial charge in [-0.15, -0.1) is 0 Å². The Hall–Kier alpha value is -2.74. The van der Waals surface area contributed by atoms with Crippen LogP contribution in [-0.2, 0) is 7.05 Å². The van der Waals surface area contributed by atoms with Gasteiger partial charge in [0.1, 0.15) is 5.82 Å². The molecule has 0 spiro atoms. The fourth-order valence-electron chi connectivity index (χ4n) is 3.46. The number of aromatic nitrogens is 4. The summed E-state index contributed by atoms with van der Waals surface area (Å²) in [7, 11) is 1.83. The lowest BCUT2D eigenvalue weighted by Crippen LogP contribution is -2.38. The second-order valence-corrected chi connectivity index (χ2v) is 7.64. The van der Waals surface area contributed by atoms with Crippen molar-refractivity contribution >= 4 is 17.2 Å². The van der Waals surface area contributed by atoms with Gasteiger partial charge in [0, 0.05) is 48.8 Å². The van der Waals surface area contributed by atoms with Gasteiger partial charge in [-0.1, -0.05) is 0 Å². The van der Waals surface area contributed by atoms with E-state index >= 15 is 0 Å². The predicted octanol–water partition coefficient (Wildman–Crippen LogP) is 2.56. The summed E-state index contributed by atoms with van der Waals surface area (Å²) >= 11 is 1.58. The zero-order chi connectivity index (χ0) is 19.0. The van der Waals surface area contributed by atoms with Crippen LogP contribution in [0.4, 0.5) is 0 Å². The molecular weight excluding hydrogens is 362 g/mol. The summed E-state index contributed by atoms with van der Waals surface area (Å²) in [6.07, 6.45) is 3.19. The highest BCUT2D eigenvalue weighted by atomic mass is 32.1. The quantitative estimate of drug-likeness (QED) is 0.753. The number of H-pyrrole nitrogens is 1. The normalized spacial score (nSPS) is 15.3. The molecule has 8 heteroatoms. The minimum atomic E-state index is -0.134. The molecule has 3 aromatic heterocycles. The standard InChI is InChI=1S/C19H21N5O2S/c1-12-15(10-20-23(12)2)19(26)24-6-3-13(4-7-24)18-21-16(9-17(25)22-18)14-5-8-27-11-14/h5,8-11,13H,3-4,6-7H2,1-2H3,(H,21,22,25). The molecule has 0 aliphatic carbocycles. The highest BCUT2D eigenvalue weighted by Crippen LogP contribution is 2.28. The van der Waals surface area contributed by atoms with E-state index in [1.54, 1.807) is 22.2 Å². The number of likely N-dealkylation sites (tertiary alicyclic amines) is 1. The number of nitrogens with zero attached hydrogens (tertiary/aromatic N) is 4. The summed E-state index contributed by atoms with van der Waals surface area (Å²) in [6.45, 7) is 3.19. The summed E-state index contributed by atoms with van der Waals surface area (Å²) in [5, 5.41) is 8.12. The van der Waals surface area contributed by atoms with Gasteiger partial charge in [-0.2, -0.15) is 16.4 Å². The van der Waals surface area contributed by atoms with Crippen molar-refractivity contribution in [1.29, 1.82) is 0 Å². The molecule has 1 saturated heterocycles. The first kappa shape index (κ1) is 17.7. The molecule has 4 heterocycles. The Morgan fingerprint density at radius 2 is 2.11 bits per heavy atom. The first-order chi connectivity index (χ1) is 13.0. The lowest BCUT2D eigenvalue weighted by molar-refractivity contribution is 0.0710. The van der Waals surface area contributed by atoms with Crippen molar-refractivity contribution in [3.63, 3.8) is 0 Å². The number of rotatable bonds is 3. The average molecular weight is 383 g/mol. The van der Waals surface area contributed by atoms with Crippen LogP contribution in [0.1, 0.15) is 40.6 Å². The predicted molar refractivity (Wildman–Crippen MR) is 104 cm³/mol. The van der Waals surface area contributed by atoms with Crippen molar-refractivity contribution in [2.45, 2.75) is 25.7 Å². The van der Waals surface area contributed by atoms with Gasteiger partial charge in [-0.25, -0.2) is 4.98 Å². The number of carbonyl (C=O) groups is 1. The van der Waals surface area contributed by atoms with Crippen molar-refractivity contribution < 1.29 is 4.79 Å². The molecule has 1 fully saturated rings. The molecule has 0 unspecified atom stereocenters. The Kier molecular flexibility index (Phi) is 4.65. The molecule has 0 aromatic carbocycles. The molecule has 27 heavy (non-hydrogen) atoms. The summed E-state index contributed by atoms with van der Waals surface area (Å²) in [5.74, 6) is 0.885. The van der Waals surface area contributed by atoms with Crippen LogP contribution in [0.25, 0.3) is 11.3 Å². The van der Waals surface area contributed by atoms with Gasteiger partial charge in [0.2, 0.25) is 0 Å². The summed E-state index contributed by atoms with van der Waals surface area (Å²) < 4.78 is 1.71. The Bertz CT molecular complexity index is 1010. The maximum atomic E-state index is 12.7. The maximum absolute atomic E-state index is 12.7. The molecule has 0 atom stereocenters. The molecule has 4 rings (SSSR count). The third-order valence-corrected chi connectivity index (χ3v) is 5.89. The van der Waals surface area contributed by atoms with Gasteiger partial charge < -0.3 is 9.88 Å². The van der Waals surface area contributed by atoms with E-state index in [2.05, 4.69) is 15.1 Å². The van der Waals surface area contributed by atoms with Crippen molar-refractivity contribution in [3.05, 3.63) is 56.5 Å². The third kappa shape index (κ3) is 3.44. The SMILES string of the molecule is Cc1c(C(=O)N2CCC(c3nc(-c4ccsc4)cc(=O)[nH]3)CC2)cnn1C. The molecule has 0 bridgehead atoms. The fourth-order valence-corrected chi connectivity index (χ4v) is 4.11. The van der Waals surface area contributed by atoms with E-state index < -0.39 is 0 Å². The zero-order valence-electron chi connectivity index (χ0n) is 15.3. The molecule has 1 N–H and O–H groups in total. The van der Waals surface area contributed by atoms with Gasteiger partial charge in [0.05, 0.1) is 17.5 Å². The van der Waals surface area contributed by atoms with Crippen molar-refractivity contribution in [2.24, 2.45) is 7.05 Å². The molecular formula is C19H21N5O2S. The second-order valence-electron chi connectivity index (χ2n) is 6.86. The highest BCUT2D eigenvalue weighted by Gasteiger charge is 2.27. The number of piperidine rings is 1. The Morgan fingerprint density at radius 3 is 2.74 bits per heavy atom. The molecule has 0 radical (unpaired) electrons. The number of carbonyl (C=O) groups excluding carboxylic acids is 1. The van der Waals surface area contributed by atoms with Gasteiger partial charge >= 0.3 is 0 Å².